The lowest BCUT2D eigenvalue weighted by Crippen LogP contribution is -2.24. The van der Waals surface area contributed by atoms with Gasteiger partial charge in [0.05, 0.1) is 13.2 Å². The average molecular weight is 276 g/mol. The van der Waals surface area contributed by atoms with Crippen LogP contribution in [-0.2, 0) is 0 Å². The van der Waals surface area contributed by atoms with E-state index in [-0.39, 0.29) is 0 Å². The largest absolute Gasteiger partial charge is 0.497 e. The molecule has 2 atom stereocenters. The highest BCUT2D eigenvalue weighted by molar-refractivity contribution is 7.09. The van der Waals surface area contributed by atoms with Crippen LogP contribution in [0.5, 0.6) is 5.75 Å². The van der Waals surface area contributed by atoms with Gasteiger partial charge >= 0.3 is 0 Å². The lowest BCUT2D eigenvalue weighted by atomic mass is 10.1. The Balaban J connectivity index is 2.04. The van der Waals surface area contributed by atoms with Crippen molar-refractivity contribution in [1.82, 2.24) is 10.3 Å². The van der Waals surface area contributed by atoms with E-state index >= 15 is 0 Å². The van der Waals surface area contributed by atoms with Gasteiger partial charge in [-0.05, 0) is 31.0 Å². The van der Waals surface area contributed by atoms with Gasteiger partial charge in [-0.1, -0.05) is 19.1 Å². The zero-order valence-electron chi connectivity index (χ0n) is 11.6. The molecule has 0 aliphatic carbocycles. The predicted octanol–water partition coefficient (Wildman–Crippen LogP) is 3.95. The van der Waals surface area contributed by atoms with Crippen molar-refractivity contribution >= 4 is 11.3 Å². The molecule has 1 aromatic heterocycles. The van der Waals surface area contributed by atoms with Crippen LogP contribution in [-0.4, -0.2) is 12.1 Å². The number of hydrogen-bond acceptors (Lipinski definition) is 4. The fraction of sp³-hybridized carbons (Fsp3) is 0.400. The lowest BCUT2D eigenvalue weighted by Gasteiger charge is -2.21. The quantitative estimate of drug-likeness (QED) is 0.867. The standard InChI is InChI=1S/C15H20N2OS/c1-4-14(15-16-9-10-19-15)17-11(2)12-5-7-13(18-3)8-6-12/h5-11,14,17H,4H2,1-3H3. The fourth-order valence-corrected chi connectivity index (χ4v) is 2.84. The SMILES string of the molecule is CCC(NC(C)c1ccc(OC)cc1)c1nccs1. The molecule has 3 nitrogen and oxygen atoms in total. The first-order valence-corrected chi connectivity index (χ1v) is 7.42. The lowest BCUT2D eigenvalue weighted by molar-refractivity contribution is 0.413. The van der Waals surface area contributed by atoms with Crippen LogP contribution in [0.15, 0.2) is 35.8 Å². The number of thiazole rings is 1. The fourth-order valence-electron chi connectivity index (χ4n) is 2.06. The van der Waals surface area contributed by atoms with Crippen LogP contribution in [0.1, 0.15) is 42.9 Å². The smallest absolute Gasteiger partial charge is 0.118 e. The van der Waals surface area contributed by atoms with Gasteiger partial charge in [-0.15, -0.1) is 11.3 Å². The van der Waals surface area contributed by atoms with Gasteiger partial charge in [-0.25, -0.2) is 4.98 Å². The van der Waals surface area contributed by atoms with Gasteiger partial charge in [0.2, 0.25) is 0 Å². The Kier molecular flexibility index (Phi) is 4.93. The summed E-state index contributed by atoms with van der Waals surface area (Å²) < 4.78 is 5.18. The maximum atomic E-state index is 5.18. The number of aromatic nitrogens is 1. The van der Waals surface area contributed by atoms with Gasteiger partial charge in [0.25, 0.3) is 0 Å². The molecule has 0 bridgehead atoms. The molecule has 1 N–H and O–H groups in total. The van der Waals surface area contributed by atoms with Gasteiger partial charge in [0.15, 0.2) is 0 Å². The topological polar surface area (TPSA) is 34.1 Å². The summed E-state index contributed by atoms with van der Waals surface area (Å²) in [6.45, 7) is 4.36. The Morgan fingerprint density at radius 1 is 1.32 bits per heavy atom. The van der Waals surface area contributed by atoms with Gasteiger partial charge in [0, 0.05) is 17.6 Å². The van der Waals surface area contributed by atoms with Crippen molar-refractivity contribution in [3.8, 4) is 5.75 Å². The van der Waals surface area contributed by atoms with Crippen LogP contribution in [0.2, 0.25) is 0 Å². The molecule has 0 aliphatic rings. The normalized spacial score (nSPS) is 14.1. The minimum absolute atomic E-state index is 0.291. The van der Waals surface area contributed by atoms with Crippen molar-refractivity contribution in [2.45, 2.75) is 32.4 Å². The number of hydrogen-bond donors (Lipinski definition) is 1. The van der Waals surface area contributed by atoms with E-state index in [1.165, 1.54) is 5.56 Å². The highest BCUT2D eigenvalue weighted by Crippen LogP contribution is 2.24. The molecule has 19 heavy (non-hydrogen) atoms. The second kappa shape index (κ2) is 6.68. The maximum absolute atomic E-state index is 5.18. The molecule has 0 saturated carbocycles. The molecule has 2 rings (SSSR count). The zero-order valence-corrected chi connectivity index (χ0v) is 12.4. The highest BCUT2D eigenvalue weighted by atomic mass is 32.1. The number of benzene rings is 1. The van der Waals surface area contributed by atoms with Crippen LogP contribution in [0, 0.1) is 0 Å². The zero-order chi connectivity index (χ0) is 13.7. The molecule has 2 unspecified atom stereocenters. The third-order valence-corrected chi connectivity index (χ3v) is 4.11. The second-order valence-corrected chi connectivity index (χ2v) is 5.42. The molecule has 0 fully saturated rings. The Labute approximate surface area is 118 Å². The number of methoxy groups -OCH3 is 1. The first-order valence-electron chi connectivity index (χ1n) is 6.54. The summed E-state index contributed by atoms with van der Waals surface area (Å²) in [6, 6.07) is 8.81. The Morgan fingerprint density at radius 2 is 2.05 bits per heavy atom. The highest BCUT2D eigenvalue weighted by Gasteiger charge is 2.15. The summed E-state index contributed by atoms with van der Waals surface area (Å²) in [5, 5.41) is 6.81. The van der Waals surface area contributed by atoms with Crippen LogP contribution in [0.25, 0.3) is 0 Å². The van der Waals surface area contributed by atoms with Gasteiger partial charge in [-0.3, -0.25) is 0 Å². The van der Waals surface area contributed by atoms with Crippen LogP contribution in [0.4, 0.5) is 0 Å². The summed E-state index contributed by atoms with van der Waals surface area (Å²) >= 11 is 1.71. The number of rotatable bonds is 6. The van der Waals surface area contributed by atoms with Gasteiger partial charge in [0.1, 0.15) is 10.8 Å². The molecular weight excluding hydrogens is 256 g/mol. The van der Waals surface area contributed by atoms with E-state index in [0.717, 1.165) is 17.2 Å². The minimum Gasteiger partial charge on any atom is -0.497 e. The molecule has 1 heterocycles. The molecule has 4 heteroatoms. The summed E-state index contributed by atoms with van der Waals surface area (Å²) in [4.78, 5) is 4.40. The average Bonchev–Trinajstić information content (AvgIpc) is 2.98. The number of ether oxygens (including phenoxy) is 1. The predicted molar refractivity (Wildman–Crippen MR) is 79.7 cm³/mol. The molecule has 0 spiro atoms. The number of nitrogens with one attached hydrogen (secondary N) is 1. The van der Waals surface area contributed by atoms with Crippen molar-refractivity contribution in [1.29, 1.82) is 0 Å². The van der Waals surface area contributed by atoms with E-state index in [9.17, 15) is 0 Å². The third kappa shape index (κ3) is 3.55. The first-order chi connectivity index (χ1) is 9.24. The van der Waals surface area contributed by atoms with E-state index < -0.39 is 0 Å². The molecule has 0 radical (unpaired) electrons. The molecule has 0 saturated heterocycles. The van der Waals surface area contributed by atoms with E-state index in [0.29, 0.717) is 12.1 Å². The second-order valence-electron chi connectivity index (χ2n) is 4.49. The monoisotopic (exact) mass is 276 g/mol. The van der Waals surface area contributed by atoms with Gasteiger partial charge in [-0.2, -0.15) is 0 Å². The Morgan fingerprint density at radius 3 is 2.58 bits per heavy atom. The van der Waals surface area contributed by atoms with Crippen molar-refractivity contribution in [2.24, 2.45) is 0 Å². The molecule has 2 aromatic rings. The van der Waals surface area contributed by atoms with Crippen molar-refractivity contribution in [3.63, 3.8) is 0 Å². The van der Waals surface area contributed by atoms with Gasteiger partial charge < -0.3 is 10.1 Å². The van der Waals surface area contributed by atoms with E-state index in [4.69, 9.17) is 4.74 Å². The third-order valence-electron chi connectivity index (χ3n) is 3.22. The first kappa shape index (κ1) is 14.0. The molecule has 102 valence electrons. The van der Waals surface area contributed by atoms with Crippen molar-refractivity contribution < 1.29 is 4.74 Å². The summed E-state index contributed by atoms with van der Waals surface area (Å²) in [5.41, 5.74) is 1.26. The molecule has 0 amide bonds. The van der Waals surface area contributed by atoms with Crippen molar-refractivity contribution in [3.05, 3.63) is 46.4 Å². The summed E-state index contributed by atoms with van der Waals surface area (Å²) in [5.74, 6) is 0.892. The minimum atomic E-state index is 0.291. The van der Waals surface area contributed by atoms with E-state index in [1.54, 1.807) is 18.4 Å². The Bertz CT molecular complexity index is 481. The summed E-state index contributed by atoms with van der Waals surface area (Å²) in [7, 11) is 1.69. The van der Waals surface area contributed by atoms with Crippen molar-refractivity contribution in [2.75, 3.05) is 7.11 Å². The molecular formula is C15H20N2OS. The molecule has 0 aliphatic heterocycles. The Hall–Kier alpha value is -1.39. The van der Waals surface area contributed by atoms with E-state index in [2.05, 4.69) is 36.3 Å². The maximum Gasteiger partial charge on any atom is 0.118 e. The molecule has 1 aromatic carbocycles. The van der Waals surface area contributed by atoms with Crippen LogP contribution < -0.4 is 10.1 Å². The van der Waals surface area contributed by atoms with Crippen LogP contribution in [0.3, 0.4) is 0 Å². The van der Waals surface area contributed by atoms with Crippen LogP contribution >= 0.6 is 11.3 Å². The van der Waals surface area contributed by atoms with E-state index in [1.807, 2.05) is 23.7 Å². The number of nitrogens with zero attached hydrogens (tertiary/aromatic N) is 1. The summed E-state index contributed by atoms with van der Waals surface area (Å²) in [6.07, 6.45) is 2.90.